The highest BCUT2D eigenvalue weighted by molar-refractivity contribution is 6.00. The van der Waals surface area contributed by atoms with Gasteiger partial charge in [0.1, 0.15) is 11.5 Å². The Morgan fingerprint density at radius 1 is 1.13 bits per heavy atom. The molecule has 0 aliphatic heterocycles. The van der Waals surface area contributed by atoms with Crippen LogP contribution in [0.5, 0.6) is 0 Å². The minimum atomic E-state index is -1.48. The Morgan fingerprint density at radius 3 is 2.46 bits per heavy atom. The molecule has 8 atom stereocenters. The Kier molecular flexibility index (Phi) is 7.99. The number of carbonyl (C=O) groups is 3. The fourth-order valence-corrected chi connectivity index (χ4v) is 8.03. The van der Waals surface area contributed by atoms with Gasteiger partial charge in [0.2, 0.25) is 0 Å². The molecule has 0 bridgehead atoms. The lowest BCUT2D eigenvalue weighted by Gasteiger charge is -2.51. The summed E-state index contributed by atoms with van der Waals surface area (Å²) in [7, 11) is 1.32. The van der Waals surface area contributed by atoms with Crippen LogP contribution in [0.2, 0.25) is 0 Å². The summed E-state index contributed by atoms with van der Waals surface area (Å²) < 4.78 is 11.4. The molecular weight excluding hydrogens is 496 g/mol. The SMILES string of the molecule is CCC/C=C/C=C/C=C\C(=O)O[C@@H]1[C@@H](C)[C@]2(O)[C@@H]3C=C(C)C(=O)[C@H]3CC(CO)=C[C@@H]2[C@H]2C(C)(C)[C@]12C(=O)OC. The number of aliphatic hydroxyl groups is 2. The predicted molar refractivity (Wildman–Crippen MR) is 147 cm³/mol. The molecule has 0 aromatic carbocycles. The number of unbranched alkanes of at least 4 members (excludes halogenated alkanes) is 1. The maximum Gasteiger partial charge on any atom is 0.331 e. The third kappa shape index (κ3) is 4.29. The van der Waals surface area contributed by atoms with E-state index in [1.807, 2.05) is 44.2 Å². The largest absolute Gasteiger partial charge is 0.468 e. The highest BCUT2D eigenvalue weighted by atomic mass is 16.6. The van der Waals surface area contributed by atoms with Gasteiger partial charge in [-0.15, -0.1) is 0 Å². The fraction of sp³-hybridized carbons (Fsp3) is 0.594. The third-order valence-electron chi connectivity index (χ3n) is 9.92. The minimum absolute atomic E-state index is 0.0447. The van der Waals surface area contributed by atoms with Gasteiger partial charge in [-0.05, 0) is 42.2 Å². The number of hydrogen-bond acceptors (Lipinski definition) is 7. The van der Waals surface area contributed by atoms with Gasteiger partial charge in [-0.2, -0.15) is 0 Å². The lowest BCUT2D eigenvalue weighted by Crippen LogP contribution is -2.62. The summed E-state index contributed by atoms with van der Waals surface area (Å²) in [5, 5.41) is 22.8. The molecular formula is C32H42O7. The molecule has 0 heterocycles. The van der Waals surface area contributed by atoms with Gasteiger partial charge in [0.15, 0.2) is 5.78 Å². The van der Waals surface area contributed by atoms with Crippen LogP contribution in [-0.4, -0.2) is 53.4 Å². The zero-order chi connectivity index (χ0) is 28.8. The van der Waals surface area contributed by atoms with E-state index in [0.717, 1.165) is 12.8 Å². The zero-order valence-electron chi connectivity index (χ0n) is 23.8. The van der Waals surface area contributed by atoms with Gasteiger partial charge in [0, 0.05) is 29.7 Å². The Balaban J connectivity index is 1.76. The van der Waals surface area contributed by atoms with E-state index in [4.69, 9.17) is 9.47 Å². The van der Waals surface area contributed by atoms with Gasteiger partial charge >= 0.3 is 11.9 Å². The third-order valence-corrected chi connectivity index (χ3v) is 9.92. The quantitative estimate of drug-likeness (QED) is 0.206. The number of ether oxygens (including phenoxy) is 2. The van der Waals surface area contributed by atoms with E-state index in [1.165, 1.54) is 13.2 Å². The van der Waals surface area contributed by atoms with Crippen molar-refractivity contribution in [2.24, 2.45) is 40.4 Å². The second kappa shape index (κ2) is 10.7. The van der Waals surface area contributed by atoms with Crippen LogP contribution in [0.4, 0.5) is 0 Å². The molecule has 0 amide bonds. The molecule has 0 spiro atoms. The summed E-state index contributed by atoms with van der Waals surface area (Å²) in [5.74, 6) is -3.87. The maximum atomic E-state index is 13.5. The monoisotopic (exact) mass is 538 g/mol. The van der Waals surface area contributed by atoms with Crippen LogP contribution < -0.4 is 0 Å². The number of esters is 2. The first-order chi connectivity index (χ1) is 18.4. The van der Waals surface area contributed by atoms with Gasteiger partial charge in [-0.25, -0.2) is 4.79 Å². The molecule has 0 aromatic heterocycles. The van der Waals surface area contributed by atoms with Crippen LogP contribution in [0.1, 0.15) is 53.9 Å². The van der Waals surface area contributed by atoms with Crippen molar-refractivity contribution in [2.75, 3.05) is 13.7 Å². The van der Waals surface area contributed by atoms with Gasteiger partial charge in [0.25, 0.3) is 0 Å². The first kappa shape index (κ1) is 29.2. The number of ketones is 1. The maximum absolute atomic E-state index is 13.5. The topological polar surface area (TPSA) is 110 Å². The van der Waals surface area contributed by atoms with E-state index in [1.54, 1.807) is 26.0 Å². The number of hydrogen-bond donors (Lipinski definition) is 2. The van der Waals surface area contributed by atoms with Crippen molar-refractivity contribution in [1.82, 2.24) is 0 Å². The van der Waals surface area contributed by atoms with E-state index in [2.05, 4.69) is 6.92 Å². The zero-order valence-corrected chi connectivity index (χ0v) is 23.8. The number of aliphatic hydroxyl groups excluding tert-OH is 1. The Morgan fingerprint density at radius 2 is 1.82 bits per heavy atom. The summed E-state index contributed by atoms with van der Waals surface area (Å²) >= 11 is 0. The standard InChI is InChI=1S/C32H42O7/c1-7-8-9-10-11-12-13-14-25(34)39-28-20(3)32(37)23-15-19(2)26(35)22(23)16-21(18-33)17-24(32)27-30(4,5)31(27,28)29(36)38-6/h9-15,17,20,22-24,27-28,33,37H,7-8,16,18H2,1-6H3/b10-9+,12-11+,14-13-/t20-,22+,23-,24-,27+,28-,31+,32+/m1/s1. The summed E-state index contributed by atoms with van der Waals surface area (Å²) in [4.78, 5) is 39.8. The van der Waals surface area contributed by atoms with Crippen molar-refractivity contribution in [3.05, 3.63) is 59.8 Å². The molecule has 0 aromatic rings. The molecule has 4 rings (SSSR count). The van der Waals surface area contributed by atoms with Crippen LogP contribution >= 0.6 is 0 Å². The van der Waals surface area contributed by atoms with Crippen LogP contribution in [0.15, 0.2) is 59.8 Å². The van der Waals surface area contributed by atoms with Crippen LogP contribution in [0.3, 0.4) is 0 Å². The van der Waals surface area contributed by atoms with Gasteiger partial charge in [-0.3, -0.25) is 9.59 Å². The normalized spacial score (nSPS) is 38.6. The summed E-state index contributed by atoms with van der Waals surface area (Å²) in [6, 6.07) is 0. The molecule has 2 N–H and O–H groups in total. The highest BCUT2D eigenvalue weighted by Crippen LogP contribution is 2.80. The first-order valence-corrected chi connectivity index (χ1v) is 14.0. The van der Waals surface area contributed by atoms with Crippen LogP contribution in [0.25, 0.3) is 0 Å². The summed E-state index contributed by atoms with van der Waals surface area (Å²) in [5.41, 5.74) is -2.09. The van der Waals surface area contributed by atoms with E-state index in [0.29, 0.717) is 17.6 Å². The van der Waals surface area contributed by atoms with Gasteiger partial charge in [0.05, 0.1) is 19.3 Å². The molecule has 0 saturated heterocycles. The smallest absolute Gasteiger partial charge is 0.331 e. The number of allylic oxidation sites excluding steroid dienone is 6. The fourth-order valence-electron chi connectivity index (χ4n) is 8.03. The summed E-state index contributed by atoms with van der Waals surface area (Å²) in [6.07, 6.45) is 15.5. The second-order valence-electron chi connectivity index (χ2n) is 12.1. The molecule has 0 radical (unpaired) electrons. The molecule has 7 heteroatoms. The van der Waals surface area contributed by atoms with Crippen molar-refractivity contribution >= 4 is 17.7 Å². The van der Waals surface area contributed by atoms with Crippen molar-refractivity contribution in [3.63, 3.8) is 0 Å². The van der Waals surface area contributed by atoms with Crippen molar-refractivity contribution in [3.8, 4) is 0 Å². The van der Waals surface area contributed by atoms with Gasteiger partial charge < -0.3 is 19.7 Å². The van der Waals surface area contributed by atoms with Crippen LogP contribution in [-0.2, 0) is 23.9 Å². The number of fused-ring (bicyclic) bond motifs is 5. The van der Waals surface area contributed by atoms with E-state index in [9.17, 15) is 24.6 Å². The number of rotatable bonds is 8. The molecule has 4 aliphatic rings. The Hall–Kier alpha value is -2.77. The molecule has 7 nitrogen and oxygen atoms in total. The lowest BCUT2D eigenvalue weighted by atomic mass is 9.58. The minimum Gasteiger partial charge on any atom is -0.468 e. The highest BCUT2D eigenvalue weighted by Gasteiger charge is 2.88. The first-order valence-electron chi connectivity index (χ1n) is 14.0. The number of Topliss-reactive ketones (excluding diaryl/α,β-unsaturated/α-hetero) is 1. The van der Waals surface area contributed by atoms with Crippen LogP contribution in [0, 0.1) is 40.4 Å². The molecule has 39 heavy (non-hydrogen) atoms. The predicted octanol–water partition coefficient (Wildman–Crippen LogP) is 4.26. The van der Waals surface area contributed by atoms with E-state index >= 15 is 0 Å². The molecule has 2 fully saturated rings. The molecule has 2 saturated carbocycles. The van der Waals surface area contributed by atoms with Gasteiger partial charge in [-0.1, -0.05) is 76.6 Å². The summed E-state index contributed by atoms with van der Waals surface area (Å²) in [6.45, 7) is 9.27. The van der Waals surface area contributed by atoms with Crippen molar-refractivity contribution in [2.45, 2.75) is 65.6 Å². The van der Waals surface area contributed by atoms with E-state index in [-0.39, 0.29) is 12.4 Å². The molecule has 4 aliphatic carbocycles. The Labute approximate surface area is 231 Å². The van der Waals surface area contributed by atoms with Crippen molar-refractivity contribution in [1.29, 1.82) is 0 Å². The number of methoxy groups -OCH3 is 1. The average Bonchev–Trinajstić information content (AvgIpc) is 3.34. The molecule has 0 unspecified atom stereocenters. The van der Waals surface area contributed by atoms with Crippen molar-refractivity contribution < 1.29 is 34.1 Å². The lowest BCUT2D eigenvalue weighted by molar-refractivity contribution is -0.201. The number of carbonyl (C=O) groups excluding carboxylic acids is 3. The van der Waals surface area contributed by atoms with E-state index < -0.39 is 64.1 Å². The Bertz CT molecular complexity index is 1170. The average molecular weight is 539 g/mol. The second-order valence-corrected chi connectivity index (χ2v) is 12.1. The molecule has 212 valence electrons.